The van der Waals surface area contributed by atoms with Gasteiger partial charge in [0.25, 0.3) is 0 Å². The highest BCUT2D eigenvalue weighted by atomic mass is 79.9. The van der Waals surface area contributed by atoms with Crippen molar-refractivity contribution < 1.29 is 14.6 Å². The maximum absolute atomic E-state index is 11.6. The van der Waals surface area contributed by atoms with Crippen molar-refractivity contribution in [1.29, 1.82) is 0 Å². The number of carbonyl (C=O) groups is 1. The van der Waals surface area contributed by atoms with E-state index < -0.39 is 12.0 Å². The molecule has 5 heteroatoms. The highest BCUT2D eigenvalue weighted by Crippen LogP contribution is 2.34. The van der Waals surface area contributed by atoms with Gasteiger partial charge in [0.1, 0.15) is 6.10 Å². The molecule has 0 aliphatic carbocycles. The van der Waals surface area contributed by atoms with Gasteiger partial charge in [0.15, 0.2) is 0 Å². The topological polar surface area (TPSA) is 46.5 Å². The van der Waals surface area contributed by atoms with Crippen LogP contribution in [0.3, 0.4) is 0 Å². The molecule has 1 heterocycles. The summed E-state index contributed by atoms with van der Waals surface area (Å²) < 4.78 is 5.66. The van der Waals surface area contributed by atoms with Crippen molar-refractivity contribution in [2.75, 3.05) is 7.11 Å². The van der Waals surface area contributed by atoms with Crippen LogP contribution in [0.15, 0.2) is 15.9 Å². The standard InChI is InChI=1S/C11H15BrO3S/c1-6(2)9(11(14)15-3)10(13)7-4-5-8(12)16-7/h4-6,9-10,13H,1-3H3. The molecule has 0 aliphatic rings. The maximum atomic E-state index is 11.6. The van der Waals surface area contributed by atoms with Crippen molar-refractivity contribution in [2.45, 2.75) is 20.0 Å². The highest BCUT2D eigenvalue weighted by Gasteiger charge is 2.32. The Morgan fingerprint density at radius 1 is 1.50 bits per heavy atom. The summed E-state index contributed by atoms with van der Waals surface area (Å²) in [4.78, 5) is 12.4. The van der Waals surface area contributed by atoms with Crippen molar-refractivity contribution in [2.24, 2.45) is 11.8 Å². The second-order valence-electron chi connectivity index (χ2n) is 3.88. The predicted octanol–water partition coefficient (Wildman–Crippen LogP) is 2.99. The smallest absolute Gasteiger partial charge is 0.311 e. The Morgan fingerprint density at radius 3 is 2.50 bits per heavy atom. The van der Waals surface area contributed by atoms with Crippen LogP contribution < -0.4 is 0 Å². The number of halogens is 1. The van der Waals surface area contributed by atoms with Crippen LogP contribution in [0.25, 0.3) is 0 Å². The maximum Gasteiger partial charge on any atom is 0.311 e. The molecule has 0 amide bonds. The molecule has 0 aliphatic heterocycles. The van der Waals surface area contributed by atoms with E-state index in [1.54, 1.807) is 0 Å². The van der Waals surface area contributed by atoms with Crippen molar-refractivity contribution >= 4 is 33.2 Å². The number of carbonyl (C=O) groups excluding carboxylic acids is 1. The molecule has 1 rings (SSSR count). The minimum absolute atomic E-state index is 0.0309. The van der Waals surface area contributed by atoms with Crippen LogP contribution in [-0.2, 0) is 9.53 Å². The number of aliphatic hydroxyl groups is 1. The van der Waals surface area contributed by atoms with E-state index >= 15 is 0 Å². The number of rotatable bonds is 4. The molecule has 0 saturated heterocycles. The van der Waals surface area contributed by atoms with Gasteiger partial charge in [-0.1, -0.05) is 13.8 Å². The molecule has 0 spiro atoms. The van der Waals surface area contributed by atoms with Crippen molar-refractivity contribution in [3.05, 3.63) is 20.8 Å². The lowest BCUT2D eigenvalue weighted by Crippen LogP contribution is -2.27. The van der Waals surface area contributed by atoms with E-state index in [9.17, 15) is 9.90 Å². The van der Waals surface area contributed by atoms with Gasteiger partial charge in [-0.2, -0.15) is 0 Å². The fourth-order valence-corrected chi connectivity index (χ4v) is 3.02. The number of methoxy groups -OCH3 is 1. The summed E-state index contributed by atoms with van der Waals surface area (Å²) >= 11 is 4.76. The van der Waals surface area contributed by atoms with Gasteiger partial charge in [-0.05, 0) is 34.0 Å². The van der Waals surface area contributed by atoms with Gasteiger partial charge in [-0.3, -0.25) is 4.79 Å². The number of hydrogen-bond acceptors (Lipinski definition) is 4. The summed E-state index contributed by atoms with van der Waals surface area (Å²) in [6.45, 7) is 3.79. The molecule has 0 radical (unpaired) electrons. The molecule has 0 aromatic carbocycles. The Labute approximate surface area is 108 Å². The van der Waals surface area contributed by atoms with Crippen LogP contribution in [-0.4, -0.2) is 18.2 Å². The summed E-state index contributed by atoms with van der Waals surface area (Å²) in [6, 6.07) is 3.68. The second kappa shape index (κ2) is 5.80. The number of ether oxygens (including phenoxy) is 1. The van der Waals surface area contributed by atoms with Crippen LogP contribution in [0.1, 0.15) is 24.8 Å². The molecule has 3 nitrogen and oxygen atoms in total. The summed E-state index contributed by atoms with van der Waals surface area (Å²) in [5.74, 6) is -0.856. The zero-order valence-electron chi connectivity index (χ0n) is 9.44. The summed E-state index contributed by atoms with van der Waals surface area (Å²) in [7, 11) is 1.34. The van der Waals surface area contributed by atoms with Crippen LogP contribution in [0.2, 0.25) is 0 Å². The number of aliphatic hydroxyl groups excluding tert-OH is 1. The molecular weight excluding hydrogens is 292 g/mol. The molecule has 2 unspecified atom stereocenters. The second-order valence-corrected chi connectivity index (χ2v) is 6.37. The van der Waals surface area contributed by atoms with Gasteiger partial charge in [0, 0.05) is 4.88 Å². The minimum atomic E-state index is -0.802. The Hall–Kier alpha value is -0.390. The Kier molecular flexibility index (Phi) is 4.95. The van der Waals surface area contributed by atoms with E-state index in [0.29, 0.717) is 0 Å². The lowest BCUT2D eigenvalue weighted by Gasteiger charge is -2.22. The number of esters is 1. The SMILES string of the molecule is COC(=O)C(C(C)C)C(O)c1ccc(Br)s1. The van der Waals surface area contributed by atoms with Crippen molar-refractivity contribution in [3.63, 3.8) is 0 Å². The highest BCUT2D eigenvalue weighted by molar-refractivity contribution is 9.11. The fraction of sp³-hybridized carbons (Fsp3) is 0.545. The molecule has 16 heavy (non-hydrogen) atoms. The van der Waals surface area contributed by atoms with E-state index in [1.807, 2.05) is 26.0 Å². The summed E-state index contributed by atoms with van der Waals surface area (Å²) in [5, 5.41) is 10.2. The van der Waals surface area contributed by atoms with E-state index in [2.05, 4.69) is 15.9 Å². The van der Waals surface area contributed by atoms with Gasteiger partial charge in [0.2, 0.25) is 0 Å². The Morgan fingerprint density at radius 2 is 2.12 bits per heavy atom. The molecule has 0 bridgehead atoms. The zero-order chi connectivity index (χ0) is 12.3. The molecular formula is C11H15BrO3S. The van der Waals surface area contributed by atoms with Gasteiger partial charge in [-0.15, -0.1) is 11.3 Å². The Balaban J connectivity index is 2.91. The molecule has 0 fully saturated rings. The van der Waals surface area contributed by atoms with Gasteiger partial charge < -0.3 is 9.84 Å². The summed E-state index contributed by atoms with van der Waals surface area (Å²) in [5.41, 5.74) is 0. The minimum Gasteiger partial charge on any atom is -0.469 e. The van der Waals surface area contributed by atoms with E-state index in [1.165, 1.54) is 18.4 Å². The third-order valence-corrected chi connectivity index (χ3v) is 4.11. The molecule has 2 atom stereocenters. The molecule has 1 aromatic rings. The Bertz CT molecular complexity index is 362. The van der Waals surface area contributed by atoms with Gasteiger partial charge in [0.05, 0.1) is 16.8 Å². The lowest BCUT2D eigenvalue weighted by atomic mass is 9.89. The number of hydrogen-bond donors (Lipinski definition) is 1. The average Bonchev–Trinajstić information content (AvgIpc) is 2.64. The third-order valence-electron chi connectivity index (χ3n) is 2.42. The quantitative estimate of drug-likeness (QED) is 0.870. The number of thiophene rings is 1. The van der Waals surface area contributed by atoms with Crippen molar-refractivity contribution in [3.8, 4) is 0 Å². The van der Waals surface area contributed by atoms with Crippen LogP contribution in [0.4, 0.5) is 0 Å². The first kappa shape index (κ1) is 13.7. The molecule has 1 N–H and O–H groups in total. The van der Waals surface area contributed by atoms with Crippen molar-refractivity contribution in [1.82, 2.24) is 0 Å². The predicted molar refractivity (Wildman–Crippen MR) is 67.3 cm³/mol. The lowest BCUT2D eigenvalue weighted by molar-refractivity contribution is -0.151. The van der Waals surface area contributed by atoms with Crippen LogP contribution >= 0.6 is 27.3 Å². The normalized spacial score (nSPS) is 14.9. The molecule has 90 valence electrons. The first-order valence-corrected chi connectivity index (χ1v) is 6.59. The third kappa shape index (κ3) is 3.06. The average molecular weight is 307 g/mol. The van der Waals surface area contributed by atoms with E-state index in [4.69, 9.17) is 4.74 Å². The van der Waals surface area contributed by atoms with Crippen LogP contribution in [0, 0.1) is 11.8 Å². The first-order valence-electron chi connectivity index (χ1n) is 4.98. The van der Waals surface area contributed by atoms with Gasteiger partial charge >= 0.3 is 5.97 Å². The first-order chi connectivity index (χ1) is 7.47. The molecule has 0 saturated carbocycles. The largest absolute Gasteiger partial charge is 0.469 e. The monoisotopic (exact) mass is 306 g/mol. The molecule has 1 aromatic heterocycles. The van der Waals surface area contributed by atoms with E-state index in [-0.39, 0.29) is 11.9 Å². The van der Waals surface area contributed by atoms with E-state index in [0.717, 1.165) is 8.66 Å². The summed E-state index contributed by atoms with van der Waals surface area (Å²) in [6.07, 6.45) is -0.802. The fourth-order valence-electron chi connectivity index (χ4n) is 1.57. The van der Waals surface area contributed by atoms with Gasteiger partial charge in [-0.25, -0.2) is 0 Å². The van der Waals surface area contributed by atoms with Crippen LogP contribution in [0.5, 0.6) is 0 Å². The zero-order valence-corrected chi connectivity index (χ0v) is 11.8.